The molecule has 0 unspecified atom stereocenters. The number of pyridine rings is 1. The first-order valence-electron chi connectivity index (χ1n) is 5.83. The van der Waals surface area contributed by atoms with Crippen molar-refractivity contribution in [3.8, 4) is 0 Å². The summed E-state index contributed by atoms with van der Waals surface area (Å²) in [4.78, 5) is 4.52. The highest BCUT2D eigenvalue weighted by Gasteiger charge is 2.29. The molecule has 1 fully saturated rings. The summed E-state index contributed by atoms with van der Waals surface area (Å²) in [6.45, 7) is 2.82. The minimum Gasteiger partial charge on any atom is -0.388 e. The van der Waals surface area contributed by atoms with Crippen LogP contribution in [0.4, 0.5) is 5.69 Å². The van der Waals surface area contributed by atoms with E-state index in [0.717, 1.165) is 25.1 Å². The Morgan fingerprint density at radius 2 is 2.35 bits per heavy atom. The number of aromatic nitrogens is 1. The Bertz CT molecular complexity index is 387. The van der Waals surface area contributed by atoms with Crippen molar-refractivity contribution in [3.63, 3.8) is 0 Å². The third-order valence-corrected chi connectivity index (χ3v) is 3.09. The van der Waals surface area contributed by atoms with Gasteiger partial charge in [0.2, 0.25) is 0 Å². The number of nitrogens with one attached hydrogen (secondary N) is 1. The van der Waals surface area contributed by atoms with Crippen LogP contribution in [0, 0.1) is 0 Å². The van der Waals surface area contributed by atoms with E-state index in [2.05, 4.69) is 10.3 Å². The smallest absolute Gasteiger partial charge is 0.122 e. The lowest BCUT2D eigenvalue weighted by Gasteiger charge is -2.35. The molecule has 0 saturated heterocycles. The maximum atomic E-state index is 5.51. The van der Waals surface area contributed by atoms with Crippen molar-refractivity contribution in [3.05, 3.63) is 24.0 Å². The van der Waals surface area contributed by atoms with Crippen LogP contribution < -0.4 is 11.1 Å². The summed E-state index contributed by atoms with van der Waals surface area (Å²) < 4.78 is 5.51. The minimum atomic E-state index is 0.330. The third-order valence-electron chi connectivity index (χ3n) is 2.88. The molecular weight excluding hydrogens is 234 g/mol. The number of nitrogens with zero attached hydrogens (tertiary/aromatic N) is 1. The van der Waals surface area contributed by atoms with Crippen LogP contribution in [0.3, 0.4) is 0 Å². The molecule has 1 saturated carbocycles. The van der Waals surface area contributed by atoms with Gasteiger partial charge in [0.1, 0.15) is 4.99 Å². The molecule has 0 aromatic carbocycles. The van der Waals surface area contributed by atoms with Gasteiger partial charge in [-0.25, -0.2) is 0 Å². The molecule has 0 radical (unpaired) electrons. The lowest BCUT2D eigenvalue weighted by molar-refractivity contribution is 0.00299. The number of anilines is 1. The van der Waals surface area contributed by atoms with Crippen molar-refractivity contribution in [2.45, 2.75) is 31.9 Å². The first-order chi connectivity index (χ1) is 8.19. The van der Waals surface area contributed by atoms with E-state index in [4.69, 9.17) is 22.7 Å². The number of nitrogens with two attached hydrogens (primary N) is 1. The van der Waals surface area contributed by atoms with Gasteiger partial charge < -0.3 is 15.8 Å². The second-order valence-electron chi connectivity index (χ2n) is 4.19. The summed E-state index contributed by atoms with van der Waals surface area (Å²) in [7, 11) is 0. The maximum Gasteiger partial charge on any atom is 0.122 e. The number of ether oxygens (including phenoxy) is 1. The van der Waals surface area contributed by atoms with Gasteiger partial charge in [0.25, 0.3) is 0 Å². The Kier molecular flexibility index (Phi) is 3.91. The van der Waals surface area contributed by atoms with Gasteiger partial charge >= 0.3 is 0 Å². The summed E-state index contributed by atoms with van der Waals surface area (Å²) >= 11 is 4.85. The molecule has 0 aliphatic heterocycles. The standard InChI is InChI=1S/C12H17N3OS/c1-2-16-10-5-9(6-10)15-8-3-4-11(12(13)17)14-7-8/h3-4,7,9-10,15H,2,5-6H2,1H3,(H2,13,17). The molecular formula is C12H17N3OS. The molecule has 1 aliphatic carbocycles. The van der Waals surface area contributed by atoms with Gasteiger partial charge in [0, 0.05) is 12.6 Å². The van der Waals surface area contributed by atoms with Gasteiger partial charge in [-0.15, -0.1) is 0 Å². The highest BCUT2D eigenvalue weighted by atomic mass is 32.1. The van der Waals surface area contributed by atoms with E-state index >= 15 is 0 Å². The van der Waals surface area contributed by atoms with Crippen molar-refractivity contribution < 1.29 is 4.74 Å². The zero-order chi connectivity index (χ0) is 12.3. The molecule has 1 aromatic rings. The second-order valence-corrected chi connectivity index (χ2v) is 4.63. The zero-order valence-electron chi connectivity index (χ0n) is 9.85. The quantitative estimate of drug-likeness (QED) is 0.780. The number of rotatable bonds is 5. The van der Waals surface area contributed by atoms with E-state index in [9.17, 15) is 0 Å². The third kappa shape index (κ3) is 3.14. The van der Waals surface area contributed by atoms with E-state index in [1.165, 1.54) is 0 Å². The summed E-state index contributed by atoms with van der Waals surface area (Å²) in [5, 5.41) is 3.41. The van der Waals surface area contributed by atoms with Crippen LogP contribution in [0.5, 0.6) is 0 Å². The van der Waals surface area contributed by atoms with Gasteiger partial charge in [-0.05, 0) is 31.9 Å². The van der Waals surface area contributed by atoms with E-state index in [1.54, 1.807) is 6.20 Å². The van der Waals surface area contributed by atoms with E-state index in [1.807, 2.05) is 19.1 Å². The topological polar surface area (TPSA) is 60.2 Å². The van der Waals surface area contributed by atoms with E-state index < -0.39 is 0 Å². The molecule has 0 bridgehead atoms. The summed E-state index contributed by atoms with van der Waals surface area (Å²) in [5.74, 6) is 0. The largest absolute Gasteiger partial charge is 0.388 e. The highest BCUT2D eigenvalue weighted by molar-refractivity contribution is 7.80. The lowest BCUT2D eigenvalue weighted by atomic mass is 9.89. The fraction of sp³-hybridized carbons (Fsp3) is 0.500. The number of thiocarbonyl (C=S) groups is 1. The van der Waals surface area contributed by atoms with Crippen molar-refractivity contribution in [1.82, 2.24) is 4.98 Å². The van der Waals surface area contributed by atoms with Gasteiger partial charge in [-0.3, -0.25) is 4.98 Å². The molecule has 4 nitrogen and oxygen atoms in total. The highest BCUT2D eigenvalue weighted by Crippen LogP contribution is 2.26. The number of hydrogen-bond acceptors (Lipinski definition) is 4. The van der Waals surface area contributed by atoms with Crippen LogP contribution in [-0.2, 0) is 4.74 Å². The molecule has 3 N–H and O–H groups in total. The van der Waals surface area contributed by atoms with Crippen LogP contribution in [0.15, 0.2) is 18.3 Å². The predicted molar refractivity (Wildman–Crippen MR) is 72.2 cm³/mol. The zero-order valence-corrected chi connectivity index (χ0v) is 10.7. The Morgan fingerprint density at radius 3 is 2.88 bits per heavy atom. The molecule has 0 amide bonds. The van der Waals surface area contributed by atoms with Crippen molar-refractivity contribution in [2.24, 2.45) is 5.73 Å². The van der Waals surface area contributed by atoms with E-state index in [-0.39, 0.29) is 0 Å². The van der Waals surface area contributed by atoms with Gasteiger partial charge in [-0.2, -0.15) is 0 Å². The van der Waals surface area contributed by atoms with E-state index in [0.29, 0.717) is 22.8 Å². The molecule has 1 heterocycles. The molecule has 5 heteroatoms. The lowest BCUT2D eigenvalue weighted by Crippen LogP contribution is -2.40. The minimum absolute atomic E-state index is 0.330. The Labute approximate surface area is 107 Å². The van der Waals surface area contributed by atoms with Crippen molar-refractivity contribution in [1.29, 1.82) is 0 Å². The molecule has 1 aliphatic rings. The Balaban J connectivity index is 1.82. The van der Waals surface area contributed by atoms with Gasteiger partial charge in [0.15, 0.2) is 0 Å². The molecule has 2 rings (SSSR count). The number of hydrogen-bond donors (Lipinski definition) is 2. The van der Waals surface area contributed by atoms with Crippen LogP contribution in [0.2, 0.25) is 0 Å². The van der Waals surface area contributed by atoms with Crippen molar-refractivity contribution >= 4 is 22.9 Å². The fourth-order valence-corrected chi connectivity index (χ4v) is 2.04. The summed E-state index contributed by atoms with van der Waals surface area (Å²) in [6.07, 6.45) is 4.31. The Morgan fingerprint density at radius 1 is 1.59 bits per heavy atom. The predicted octanol–water partition coefficient (Wildman–Crippen LogP) is 1.70. The molecule has 17 heavy (non-hydrogen) atoms. The normalized spacial score (nSPS) is 22.9. The second kappa shape index (κ2) is 5.42. The molecule has 92 valence electrons. The first-order valence-corrected chi connectivity index (χ1v) is 6.24. The molecule has 1 aromatic heterocycles. The SMILES string of the molecule is CCOC1CC(Nc2ccc(C(N)=S)nc2)C1. The Hall–Kier alpha value is -1.20. The molecule has 0 atom stereocenters. The average molecular weight is 251 g/mol. The van der Waals surface area contributed by atoms with Crippen LogP contribution >= 0.6 is 12.2 Å². The van der Waals surface area contributed by atoms with Crippen LogP contribution in [0.25, 0.3) is 0 Å². The first kappa shape index (κ1) is 12.3. The van der Waals surface area contributed by atoms with Crippen LogP contribution in [-0.4, -0.2) is 28.7 Å². The van der Waals surface area contributed by atoms with Gasteiger partial charge in [-0.1, -0.05) is 12.2 Å². The molecule has 0 spiro atoms. The average Bonchev–Trinajstić information content (AvgIpc) is 2.27. The van der Waals surface area contributed by atoms with Crippen molar-refractivity contribution in [2.75, 3.05) is 11.9 Å². The summed E-state index contributed by atoms with van der Waals surface area (Å²) in [5.41, 5.74) is 7.15. The fourth-order valence-electron chi connectivity index (χ4n) is 1.92. The maximum absolute atomic E-state index is 5.51. The van der Waals surface area contributed by atoms with Crippen LogP contribution in [0.1, 0.15) is 25.5 Å². The monoisotopic (exact) mass is 251 g/mol. The van der Waals surface area contributed by atoms with Gasteiger partial charge in [0.05, 0.1) is 23.7 Å². The summed E-state index contributed by atoms with van der Waals surface area (Å²) in [6, 6.07) is 4.28.